The van der Waals surface area contributed by atoms with Gasteiger partial charge in [-0.05, 0) is 26.0 Å². The average molecular weight is 291 g/mol. The molecule has 1 aromatic rings. The molecule has 4 nitrogen and oxygen atoms in total. The van der Waals surface area contributed by atoms with Gasteiger partial charge in [0, 0.05) is 15.6 Å². The van der Waals surface area contributed by atoms with Crippen molar-refractivity contribution in [3.8, 4) is 0 Å². The number of carboxylic acids is 1. The number of halogens is 2. The van der Waals surface area contributed by atoms with Crippen LogP contribution < -0.4 is 0 Å². The minimum absolute atomic E-state index is 0.361. The van der Waals surface area contributed by atoms with Crippen LogP contribution >= 0.6 is 23.2 Å². The number of carbonyl (C=O) groups is 1. The molecule has 1 heterocycles. The highest BCUT2D eigenvalue weighted by molar-refractivity contribution is 6.36. The molecule has 0 bridgehead atoms. The van der Waals surface area contributed by atoms with Gasteiger partial charge in [0.25, 0.3) is 0 Å². The number of aliphatic carboxylic acids is 1. The van der Waals surface area contributed by atoms with E-state index in [2.05, 4.69) is 0 Å². The van der Waals surface area contributed by atoms with Crippen LogP contribution in [0.4, 0.5) is 0 Å². The van der Waals surface area contributed by atoms with Gasteiger partial charge in [0.15, 0.2) is 11.9 Å². The molecule has 2 rings (SSSR count). The normalized spacial score (nSPS) is 26.2. The van der Waals surface area contributed by atoms with E-state index in [4.69, 9.17) is 37.8 Å². The maximum absolute atomic E-state index is 11.2. The molecule has 1 saturated heterocycles. The van der Waals surface area contributed by atoms with E-state index in [1.165, 1.54) is 0 Å². The predicted octanol–water partition coefficient (Wildman–Crippen LogP) is 3.27. The molecule has 0 aromatic heterocycles. The van der Waals surface area contributed by atoms with Crippen molar-refractivity contribution in [1.29, 1.82) is 0 Å². The Morgan fingerprint density at radius 3 is 2.33 bits per heavy atom. The second-order valence-corrected chi connectivity index (χ2v) is 5.26. The standard InChI is InChI=1S/C12H12Cl2O4/c1-12(2)17-9(10(18-12)11(15)16)8-6(13)4-3-5-7(8)14/h3-5,9-10H,1-2H3,(H,15,16)/t9-,10+/m1/s1. The van der Waals surface area contributed by atoms with Crippen LogP contribution in [0, 0.1) is 0 Å². The SMILES string of the molecule is CC1(C)O[C@H](C(=O)O)[C@@H](c2c(Cl)cccc2Cl)O1. The number of ether oxygens (including phenoxy) is 2. The highest BCUT2D eigenvalue weighted by Crippen LogP contribution is 2.43. The third-order valence-corrected chi connectivity index (χ3v) is 3.28. The molecule has 0 radical (unpaired) electrons. The lowest BCUT2D eigenvalue weighted by Gasteiger charge is -2.18. The number of hydrogen-bond donors (Lipinski definition) is 1. The molecule has 1 aromatic carbocycles. The summed E-state index contributed by atoms with van der Waals surface area (Å²) >= 11 is 12.1. The Bertz CT molecular complexity index is 467. The van der Waals surface area contributed by atoms with Gasteiger partial charge in [-0.25, -0.2) is 4.79 Å². The first-order valence-electron chi connectivity index (χ1n) is 5.34. The minimum atomic E-state index is -1.13. The number of hydrogen-bond acceptors (Lipinski definition) is 3. The van der Waals surface area contributed by atoms with E-state index in [0.717, 1.165) is 0 Å². The lowest BCUT2D eigenvalue weighted by Crippen LogP contribution is -2.27. The maximum atomic E-state index is 11.2. The zero-order chi connectivity index (χ0) is 13.5. The second-order valence-electron chi connectivity index (χ2n) is 4.45. The summed E-state index contributed by atoms with van der Waals surface area (Å²) in [6.07, 6.45) is -1.95. The Morgan fingerprint density at radius 2 is 1.83 bits per heavy atom. The fourth-order valence-electron chi connectivity index (χ4n) is 1.94. The third-order valence-electron chi connectivity index (χ3n) is 2.62. The van der Waals surface area contributed by atoms with Crippen molar-refractivity contribution in [2.75, 3.05) is 0 Å². The molecule has 6 heteroatoms. The van der Waals surface area contributed by atoms with Crippen LogP contribution in [0.25, 0.3) is 0 Å². The van der Waals surface area contributed by atoms with Crippen molar-refractivity contribution in [3.63, 3.8) is 0 Å². The molecule has 1 aliphatic rings. The zero-order valence-electron chi connectivity index (χ0n) is 9.81. The highest BCUT2D eigenvalue weighted by atomic mass is 35.5. The van der Waals surface area contributed by atoms with Crippen LogP contribution in [0.1, 0.15) is 25.5 Å². The molecule has 98 valence electrons. The molecule has 1 N–H and O–H groups in total. The van der Waals surface area contributed by atoms with Crippen LogP contribution in [-0.2, 0) is 14.3 Å². The molecule has 0 spiro atoms. The molecule has 0 aliphatic carbocycles. The summed E-state index contributed by atoms with van der Waals surface area (Å²) in [6.45, 7) is 3.29. The largest absolute Gasteiger partial charge is 0.479 e. The van der Waals surface area contributed by atoms with Crippen LogP contribution in [0.3, 0.4) is 0 Å². The molecule has 2 atom stereocenters. The monoisotopic (exact) mass is 290 g/mol. The van der Waals surface area contributed by atoms with Crippen molar-refractivity contribution in [2.24, 2.45) is 0 Å². The molecule has 0 amide bonds. The average Bonchev–Trinajstić information content (AvgIpc) is 2.54. The smallest absolute Gasteiger partial charge is 0.336 e. The van der Waals surface area contributed by atoms with Gasteiger partial charge in [0.05, 0.1) is 0 Å². The first kappa shape index (κ1) is 13.6. The Balaban J connectivity index is 2.45. The summed E-state index contributed by atoms with van der Waals surface area (Å²) in [6, 6.07) is 4.96. The first-order valence-corrected chi connectivity index (χ1v) is 6.10. The van der Waals surface area contributed by atoms with Crippen LogP contribution in [0.5, 0.6) is 0 Å². The molecule has 18 heavy (non-hydrogen) atoms. The summed E-state index contributed by atoms with van der Waals surface area (Å²) in [4.78, 5) is 11.2. The van der Waals surface area contributed by atoms with Gasteiger partial charge in [-0.2, -0.15) is 0 Å². The van der Waals surface area contributed by atoms with Crippen LogP contribution in [0.15, 0.2) is 18.2 Å². The Morgan fingerprint density at radius 1 is 1.28 bits per heavy atom. The van der Waals surface area contributed by atoms with E-state index < -0.39 is 24.0 Å². The number of benzene rings is 1. The van der Waals surface area contributed by atoms with Gasteiger partial charge in [-0.15, -0.1) is 0 Å². The van der Waals surface area contributed by atoms with Crippen molar-refractivity contribution in [2.45, 2.75) is 31.8 Å². The van der Waals surface area contributed by atoms with E-state index in [-0.39, 0.29) is 0 Å². The van der Waals surface area contributed by atoms with Gasteiger partial charge in [0.1, 0.15) is 6.10 Å². The summed E-state index contributed by atoms with van der Waals surface area (Å²) in [7, 11) is 0. The summed E-state index contributed by atoms with van der Waals surface area (Å²) in [5.74, 6) is -2.10. The summed E-state index contributed by atoms with van der Waals surface area (Å²) < 4.78 is 10.9. The quantitative estimate of drug-likeness (QED) is 0.908. The van der Waals surface area contributed by atoms with Gasteiger partial charge in [0.2, 0.25) is 0 Å². The van der Waals surface area contributed by atoms with E-state index in [1.807, 2.05) is 0 Å². The Kier molecular flexibility index (Phi) is 3.56. The highest BCUT2D eigenvalue weighted by Gasteiger charge is 2.47. The molecule has 1 aliphatic heterocycles. The maximum Gasteiger partial charge on any atom is 0.336 e. The molecule has 1 fully saturated rings. The van der Waals surface area contributed by atoms with Crippen LogP contribution in [-0.4, -0.2) is 23.0 Å². The van der Waals surface area contributed by atoms with Crippen molar-refractivity contribution < 1.29 is 19.4 Å². The van der Waals surface area contributed by atoms with E-state index in [0.29, 0.717) is 15.6 Å². The summed E-state index contributed by atoms with van der Waals surface area (Å²) in [5, 5.41) is 9.89. The van der Waals surface area contributed by atoms with Gasteiger partial charge in [-0.1, -0.05) is 29.3 Å². The van der Waals surface area contributed by atoms with E-state index in [9.17, 15) is 4.79 Å². The first-order chi connectivity index (χ1) is 8.32. The number of rotatable bonds is 2. The van der Waals surface area contributed by atoms with E-state index >= 15 is 0 Å². The Labute approximate surface area is 114 Å². The number of carboxylic acid groups (broad SMARTS) is 1. The Hall–Kier alpha value is -0.810. The second kappa shape index (κ2) is 4.70. The van der Waals surface area contributed by atoms with Crippen molar-refractivity contribution >= 4 is 29.2 Å². The topological polar surface area (TPSA) is 55.8 Å². The lowest BCUT2D eigenvalue weighted by molar-refractivity contribution is -0.165. The fraction of sp³-hybridized carbons (Fsp3) is 0.417. The third kappa shape index (κ3) is 2.47. The summed E-state index contributed by atoms with van der Waals surface area (Å²) in [5.41, 5.74) is 0.443. The molecule has 0 unspecified atom stereocenters. The van der Waals surface area contributed by atoms with Gasteiger partial charge in [-0.3, -0.25) is 0 Å². The minimum Gasteiger partial charge on any atom is -0.479 e. The lowest BCUT2D eigenvalue weighted by atomic mass is 10.0. The van der Waals surface area contributed by atoms with Gasteiger partial charge < -0.3 is 14.6 Å². The van der Waals surface area contributed by atoms with E-state index in [1.54, 1.807) is 32.0 Å². The van der Waals surface area contributed by atoms with Crippen molar-refractivity contribution in [3.05, 3.63) is 33.8 Å². The van der Waals surface area contributed by atoms with Gasteiger partial charge >= 0.3 is 5.97 Å². The molecular weight excluding hydrogens is 279 g/mol. The van der Waals surface area contributed by atoms with Crippen molar-refractivity contribution in [1.82, 2.24) is 0 Å². The fourth-order valence-corrected chi connectivity index (χ4v) is 2.55. The molecular formula is C12H12Cl2O4. The zero-order valence-corrected chi connectivity index (χ0v) is 11.3. The predicted molar refractivity (Wildman–Crippen MR) is 66.9 cm³/mol. The molecule has 0 saturated carbocycles. The van der Waals surface area contributed by atoms with Crippen LogP contribution in [0.2, 0.25) is 10.0 Å².